The lowest BCUT2D eigenvalue weighted by Crippen LogP contribution is -2.40. The van der Waals surface area contributed by atoms with Crippen molar-refractivity contribution in [3.05, 3.63) is 71.8 Å². The SMILES string of the molecule is O=C(O)CCCN(Cc1ccccc1)C(=O)CNC(=O)c1ccccc1. The van der Waals surface area contributed by atoms with Crippen molar-refractivity contribution in [2.24, 2.45) is 0 Å². The van der Waals surface area contributed by atoms with Crippen LogP contribution >= 0.6 is 0 Å². The molecule has 0 heterocycles. The molecular formula is C20H22N2O4. The lowest BCUT2D eigenvalue weighted by molar-refractivity contribution is -0.138. The Balaban J connectivity index is 1.95. The molecule has 0 aliphatic rings. The molecule has 0 atom stereocenters. The van der Waals surface area contributed by atoms with E-state index in [1.54, 1.807) is 29.2 Å². The van der Waals surface area contributed by atoms with Gasteiger partial charge in [0.2, 0.25) is 5.91 Å². The van der Waals surface area contributed by atoms with Gasteiger partial charge < -0.3 is 15.3 Å². The van der Waals surface area contributed by atoms with E-state index < -0.39 is 5.97 Å². The zero-order valence-electron chi connectivity index (χ0n) is 14.4. The van der Waals surface area contributed by atoms with Crippen molar-refractivity contribution < 1.29 is 19.5 Å². The largest absolute Gasteiger partial charge is 0.481 e. The van der Waals surface area contributed by atoms with Gasteiger partial charge in [0.25, 0.3) is 5.91 Å². The predicted octanol–water partition coefficient (Wildman–Crippen LogP) is 2.31. The summed E-state index contributed by atoms with van der Waals surface area (Å²) in [5, 5.41) is 11.4. The first-order valence-corrected chi connectivity index (χ1v) is 8.43. The highest BCUT2D eigenvalue weighted by Crippen LogP contribution is 2.07. The molecule has 2 N–H and O–H groups in total. The highest BCUT2D eigenvalue weighted by molar-refractivity contribution is 5.96. The van der Waals surface area contributed by atoms with Gasteiger partial charge in [-0.05, 0) is 24.1 Å². The zero-order valence-corrected chi connectivity index (χ0v) is 14.4. The summed E-state index contributed by atoms with van der Waals surface area (Å²) >= 11 is 0. The minimum atomic E-state index is -0.894. The summed E-state index contributed by atoms with van der Waals surface area (Å²) in [5.41, 5.74) is 1.44. The first-order chi connectivity index (χ1) is 12.6. The van der Waals surface area contributed by atoms with Gasteiger partial charge in [0, 0.05) is 25.1 Å². The number of carbonyl (C=O) groups is 3. The zero-order chi connectivity index (χ0) is 18.8. The second kappa shape index (κ2) is 9.98. The molecule has 2 aromatic carbocycles. The molecule has 2 aromatic rings. The molecule has 0 aromatic heterocycles. The number of rotatable bonds is 9. The monoisotopic (exact) mass is 354 g/mol. The van der Waals surface area contributed by atoms with Gasteiger partial charge in [0.15, 0.2) is 0 Å². The minimum Gasteiger partial charge on any atom is -0.481 e. The smallest absolute Gasteiger partial charge is 0.303 e. The molecule has 0 aliphatic heterocycles. The van der Waals surface area contributed by atoms with Crippen molar-refractivity contribution >= 4 is 17.8 Å². The van der Waals surface area contributed by atoms with E-state index in [-0.39, 0.29) is 24.8 Å². The Morgan fingerprint density at radius 3 is 2.15 bits per heavy atom. The third-order valence-corrected chi connectivity index (χ3v) is 3.82. The average Bonchev–Trinajstić information content (AvgIpc) is 2.66. The molecule has 0 unspecified atom stereocenters. The van der Waals surface area contributed by atoms with Gasteiger partial charge in [-0.3, -0.25) is 14.4 Å². The molecule has 0 spiro atoms. The number of nitrogens with zero attached hydrogens (tertiary/aromatic N) is 1. The van der Waals surface area contributed by atoms with E-state index in [0.29, 0.717) is 25.1 Å². The third-order valence-electron chi connectivity index (χ3n) is 3.82. The number of carboxylic acid groups (broad SMARTS) is 1. The molecule has 0 saturated heterocycles. The number of amides is 2. The van der Waals surface area contributed by atoms with Crippen LogP contribution in [0, 0.1) is 0 Å². The van der Waals surface area contributed by atoms with Crippen molar-refractivity contribution in [3.8, 4) is 0 Å². The van der Waals surface area contributed by atoms with Gasteiger partial charge >= 0.3 is 5.97 Å². The van der Waals surface area contributed by atoms with E-state index in [0.717, 1.165) is 5.56 Å². The Kier molecular flexibility index (Phi) is 7.36. The Bertz CT molecular complexity index is 732. The second-order valence-corrected chi connectivity index (χ2v) is 5.85. The quantitative estimate of drug-likeness (QED) is 0.723. The second-order valence-electron chi connectivity index (χ2n) is 5.85. The van der Waals surface area contributed by atoms with Crippen LogP contribution in [0.1, 0.15) is 28.8 Å². The van der Waals surface area contributed by atoms with Crippen molar-refractivity contribution in [2.45, 2.75) is 19.4 Å². The van der Waals surface area contributed by atoms with Crippen LogP contribution in [0.15, 0.2) is 60.7 Å². The van der Waals surface area contributed by atoms with Crippen LogP contribution in [0.3, 0.4) is 0 Å². The predicted molar refractivity (Wildman–Crippen MR) is 97.5 cm³/mol. The van der Waals surface area contributed by atoms with Gasteiger partial charge in [-0.2, -0.15) is 0 Å². The highest BCUT2D eigenvalue weighted by Gasteiger charge is 2.16. The number of aliphatic carboxylic acids is 1. The lowest BCUT2D eigenvalue weighted by Gasteiger charge is -2.23. The van der Waals surface area contributed by atoms with Crippen LogP contribution in [0.5, 0.6) is 0 Å². The van der Waals surface area contributed by atoms with Gasteiger partial charge in [0.1, 0.15) is 0 Å². The van der Waals surface area contributed by atoms with Gasteiger partial charge in [0.05, 0.1) is 6.54 Å². The van der Waals surface area contributed by atoms with Crippen molar-refractivity contribution in [3.63, 3.8) is 0 Å². The van der Waals surface area contributed by atoms with Crippen molar-refractivity contribution in [2.75, 3.05) is 13.1 Å². The molecule has 2 rings (SSSR count). The van der Waals surface area contributed by atoms with E-state index in [9.17, 15) is 14.4 Å². The number of carboxylic acids is 1. The Hall–Kier alpha value is -3.15. The number of carbonyl (C=O) groups excluding carboxylic acids is 2. The maximum Gasteiger partial charge on any atom is 0.303 e. The van der Waals surface area contributed by atoms with Crippen molar-refractivity contribution in [1.82, 2.24) is 10.2 Å². The van der Waals surface area contributed by atoms with Crippen LogP contribution < -0.4 is 5.32 Å². The van der Waals surface area contributed by atoms with E-state index in [1.807, 2.05) is 36.4 Å². The topological polar surface area (TPSA) is 86.7 Å². The lowest BCUT2D eigenvalue weighted by atomic mass is 10.2. The summed E-state index contributed by atoms with van der Waals surface area (Å²) in [5.74, 6) is -1.46. The molecule has 0 bridgehead atoms. The Morgan fingerprint density at radius 1 is 0.923 bits per heavy atom. The summed E-state index contributed by atoms with van der Waals surface area (Å²) in [4.78, 5) is 36.9. The summed E-state index contributed by atoms with van der Waals surface area (Å²) in [7, 11) is 0. The standard InChI is InChI=1S/C20H22N2O4/c23-18(14-21-20(26)17-10-5-2-6-11-17)22(13-7-12-19(24)25)15-16-8-3-1-4-9-16/h1-6,8-11H,7,12-15H2,(H,21,26)(H,24,25). The average molecular weight is 354 g/mol. The fourth-order valence-electron chi connectivity index (χ4n) is 2.48. The van der Waals surface area contributed by atoms with E-state index in [2.05, 4.69) is 5.32 Å². The molecule has 2 amide bonds. The van der Waals surface area contributed by atoms with Crippen LogP contribution in [0.25, 0.3) is 0 Å². The van der Waals surface area contributed by atoms with Gasteiger partial charge in [-0.15, -0.1) is 0 Å². The Labute approximate surface area is 152 Å². The summed E-state index contributed by atoms with van der Waals surface area (Å²) < 4.78 is 0. The fourth-order valence-corrected chi connectivity index (χ4v) is 2.48. The molecule has 6 heteroatoms. The molecule has 0 aliphatic carbocycles. The Morgan fingerprint density at radius 2 is 1.54 bits per heavy atom. The summed E-state index contributed by atoms with van der Waals surface area (Å²) in [6.07, 6.45) is 0.357. The van der Waals surface area contributed by atoms with Crippen molar-refractivity contribution in [1.29, 1.82) is 0 Å². The molecular weight excluding hydrogens is 332 g/mol. The maximum absolute atomic E-state index is 12.5. The van der Waals surface area contributed by atoms with Gasteiger partial charge in [-0.25, -0.2) is 0 Å². The minimum absolute atomic E-state index is 0.00502. The van der Waals surface area contributed by atoms with Crippen LogP contribution in [-0.2, 0) is 16.1 Å². The molecule has 0 saturated carbocycles. The molecule has 6 nitrogen and oxygen atoms in total. The van der Waals surface area contributed by atoms with Crippen LogP contribution in [0.4, 0.5) is 0 Å². The van der Waals surface area contributed by atoms with Crippen LogP contribution in [-0.4, -0.2) is 40.9 Å². The molecule has 26 heavy (non-hydrogen) atoms. The first-order valence-electron chi connectivity index (χ1n) is 8.43. The first kappa shape index (κ1) is 19.2. The molecule has 0 radical (unpaired) electrons. The van der Waals surface area contributed by atoms with Crippen LogP contribution in [0.2, 0.25) is 0 Å². The third kappa shape index (κ3) is 6.39. The van der Waals surface area contributed by atoms with E-state index in [4.69, 9.17) is 5.11 Å². The number of hydrogen-bond donors (Lipinski definition) is 2. The van der Waals surface area contributed by atoms with Gasteiger partial charge in [-0.1, -0.05) is 48.5 Å². The van der Waals surface area contributed by atoms with E-state index in [1.165, 1.54) is 0 Å². The maximum atomic E-state index is 12.5. The summed E-state index contributed by atoms with van der Waals surface area (Å²) in [6.45, 7) is 0.565. The molecule has 0 fully saturated rings. The number of benzene rings is 2. The molecule has 136 valence electrons. The van der Waals surface area contributed by atoms with E-state index >= 15 is 0 Å². The fraction of sp³-hybridized carbons (Fsp3) is 0.250. The highest BCUT2D eigenvalue weighted by atomic mass is 16.4. The normalized spacial score (nSPS) is 10.2. The summed E-state index contributed by atoms with van der Waals surface area (Å²) in [6, 6.07) is 18.1. The number of hydrogen-bond acceptors (Lipinski definition) is 3. The number of nitrogens with one attached hydrogen (secondary N) is 1.